The van der Waals surface area contributed by atoms with Crippen molar-refractivity contribution in [1.82, 2.24) is 9.97 Å². The molecule has 1 aromatic rings. The quantitative estimate of drug-likeness (QED) is 0.626. The Hall–Kier alpha value is -1.36. The summed E-state index contributed by atoms with van der Waals surface area (Å²) in [7, 11) is 0. The molecule has 1 heterocycles. The van der Waals surface area contributed by atoms with E-state index in [4.69, 9.17) is 5.73 Å². The van der Waals surface area contributed by atoms with Crippen molar-refractivity contribution in [2.24, 2.45) is 11.7 Å². The Kier molecular flexibility index (Phi) is 2.49. The lowest BCUT2D eigenvalue weighted by Gasteiger charge is -2.15. The molecular weight excluding hydrogens is 180 g/mol. The van der Waals surface area contributed by atoms with E-state index in [1.54, 1.807) is 6.20 Å². The molecule has 2 rings (SSSR count). The summed E-state index contributed by atoms with van der Waals surface area (Å²) < 4.78 is 0. The normalized spacial score (nSPS) is 17.8. The summed E-state index contributed by atoms with van der Waals surface area (Å²) in [4.78, 5) is 17.8. The van der Waals surface area contributed by atoms with E-state index < -0.39 is 0 Å². The second-order valence-electron chi connectivity index (χ2n) is 3.59. The van der Waals surface area contributed by atoms with Gasteiger partial charge in [-0.15, -0.1) is 0 Å². The zero-order valence-electron chi connectivity index (χ0n) is 7.86. The van der Waals surface area contributed by atoms with E-state index in [0.29, 0.717) is 18.3 Å². The van der Waals surface area contributed by atoms with Crippen LogP contribution in [0.5, 0.6) is 0 Å². The number of nitrogens with zero attached hydrogens (tertiary/aromatic N) is 1. The van der Waals surface area contributed by atoms with Gasteiger partial charge in [0.25, 0.3) is 5.56 Å². The second kappa shape index (κ2) is 3.79. The third-order valence-corrected chi connectivity index (χ3v) is 2.47. The van der Waals surface area contributed by atoms with Gasteiger partial charge in [0.15, 0.2) is 5.82 Å². The Morgan fingerprint density at radius 2 is 2.50 bits per heavy atom. The number of nitrogens with one attached hydrogen (secondary N) is 2. The maximum absolute atomic E-state index is 11.3. The maximum atomic E-state index is 11.3. The van der Waals surface area contributed by atoms with Crippen molar-refractivity contribution in [3.05, 3.63) is 22.7 Å². The van der Waals surface area contributed by atoms with Crippen molar-refractivity contribution in [3.63, 3.8) is 0 Å². The molecule has 1 aliphatic rings. The smallest absolute Gasteiger partial charge is 0.290 e. The van der Waals surface area contributed by atoms with Gasteiger partial charge < -0.3 is 16.0 Å². The fraction of sp³-hybridized carbons (Fsp3) is 0.556. The van der Waals surface area contributed by atoms with Crippen molar-refractivity contribution in [2.45, 2.75) is 18.9 Å². The highest BCUT2D eigenvalue weighted by Gasteiger charge is 2.30. The third-order valence-electron chi connectivity index (χ3n) is 2.47. The minimum atomic E-state index is -0.188. The molecule has 1 aromatic heterocycles. The summed E-state index contributed by atoms with van der Waals surface area (Å²) >= 11 is 0. The Morgan fingerprint density at radius 1 is 1.71 bits per heavy atom. The van der Waals surface area contributed by atoms with Crippen LogP contribution in [0, 0.1) is 5.92 Å². The van der Waals surface area contributed by atoms with Crippen molar-refractivity contribution in [1.29, 1.82) is 0 Å². The van der Waals surface area contributed by atoms with Crippen LogP contribution in [0.15, 0.2) is 17.2 Å². The number of aromatic nitrogens is 2. The first kappa shape index (κ1) is 9.21. The van der Waals surface area contributed by atoms with Crippen LogP contribution in [0.3, 0.4) is 0 Å². The van der Waals surface area contributed by atoms with E-state index in [1.165, 1.54) is 19.0 Å². The zero-order chi connectivity index (χ0) is 9.97. The Morgan fingerprint density at radius 3 is 3.07 bits per heavy atom. The lowest BCUT2D eigenvalue weighted by Crippen LogP contribution is -2.33. The van der Waals surface area contributed by atoms with Crippen molar-refractivity contribution < 1.29 is 0 Å². The molecule has 1 fully saturated rings. The second-order valence-corrected chi connectivity index (χ2v) is 3.59. The minimum Gasteiger partial charge on any atom is -0.361 e. The predicted octanol–water partition coefficient (Wildman–Crippen LogP) is -0.0809. The lowest BCUT2D eigenvalue weighted by atomic mass is 10.2. The Labute approximate surface area is 81.7 Å². The molecule has 0 amide bonds. The van der Waals surface area contributed by atoms with Gasteiger partial charge >= 0.3 is 0 Å². The molecule has 0 aromatic carbocycles. The summed E-state index contributed by atoms with van der Waals surface area (Å²) in [6.45, 7) is 0.542. The van der Waals surface area contributed by atoms with Crippen LogP contribution < -0.4 is 16.6 Å². The van der Waals surface area contributed by atoms with Gasteiger partial charge in [-0.25, -0.2) is 4.98 Å². The molecule has 1 atom stereocenters. The fourth-order valence-corrected chi connectivity index (χ4v) is 1.50. The van der Waals surface area contributed by atoms with Gasteiger partial charge in [0.2, 0.25) is 0 Å². The monoisotopic (exact) mass is 194 g/mol. The molecule has 0 spiro atoms. The largest absolute Gasteiger partial charge is 0.361 e. The SMILES string of the molecule is NCC(Nc1ncc[nH]c1=O)C1CC1. The summed E-state index contributed by atoms with van der Waals surface area (Å²) in [5, 5.41) is 3.08. The molecule has 1 saturated carbocycles. The first-order chi connectivity index (χ1) is 6.81. The third kappa shape index (κ3) is 1.93. The average molecular weight is 194 g/mol. The van der Waals surface area contributed by atoms with E-state index in [1.807, 2.05) is 0 Å². The number of rotatable bonds is 4. The van der Waals surface area contributed by atoms with Gasteiger partial charge in [-0.3, -0.25) is 4.79 Å². The van der Waals surface area contributed by atoms with Crippen LogP contribution >= 0.6 is 0 Å². The zero-order valence-corrected chi connectivity index (χ0v) is 7.86. The molecule has 5 nitrogen and oxygen atoms in total. The van der Waals surface area contributed by atoms with Crippen molar-refractivity contribution in [2.75, 3.05) is 11.9 Å². The topological polar surface area (TPSA) is 83.8 Å². The van der Waals surface area contributed by atoms with Gasteiger partial charge in [-0.05, 0) is 18.8 Å². The molecular formula is C9H14N4O. The van der Waals surface area contributed by atoms with Gasteiger partial charge in [0, 0.05) is 25.0 Å². The van der Waals surface area contributed by atoms with Crippen LogP contribution in [0.1, 0.15) is 12.8 Å². The van der Waals surface area contributed by atoms with Crippen LogP contribution in [0.4, 0.5) is 5.82 Å². The first-order valence-corrected chi connectivity index (χ1v) is 4.81. The standard InChI is InChI=1S/C9H14N4O/c10-5-7(6-1-2-6)13-8-9(14)12-4-3-11-8/h3-4,6-7H,1-2,5,10H2,(H,11,13)(H,12,14). The maximum Gasteiger partial charge on any atom is 0.290 e. The number of nitrogens with two attached hydrogens (primary N) is 1. The number of hydrogen-bond acceptors (Lipinski definition) is 4. The number of H-pyrrole nitrogens is 1. The number of aromatic amines is 1. The van der Waals surface area contributed by atoms with Crippen LogP contribution in [0.25, 0.3) is 0 Å². The van der Waals surface area contributed by atoms with Crippen LogP contribution in [0.2, 0.25) is 0 Å². The molecule has 14 heavy (non-hydrogen) atoms. The van der Waals surface area contributed by atoms with Gasteiger partial charge in [-0.1, -0.05) is 0 Å². The van der Waals surface area contributed by atoms with E-state index >= 15 is 0 Å². The summed E-state index contributed by atoms with van der Waals surface area (Å²) in [6.07, 6.45) is 5.46. The molecule has 0 aliphatic heterocycles. The highest BCUT2D eigenvalue weighted by atomic mass is 16.1. The lowest BCUT2D eigenvalue weighted by molar-refractivity contribution is 0.641. The van der Waals surface area contributed by atoms with Gasteiger partial charge in [0.05, 0.1) is 0 Å². The van der Waals surface area contributed by atoms with Gasteiger partial charge in [0.1, 0.15) is 0 Å². The minimum absolute atomic E-state index is 0.186. The molecule has 1 aliphatic carbocycles. The summed E-state index contributed by atoms with van der Waals surface area (Å²) in [5.74, 6) is 0.983. The van der Waals surface area contributed by atoms with E-state index in [9.17, 15) is 4.79 Å². The highest BCUT2D eigenvalue weighted by Crippen LogP contribution is 2.33. The number of hydrogen-bond donors (Lipinski definition) is 3. The summed E-state index contributed by atoms with van der Waals surface area (Å²) in [5.41, 5.74) is 5.42. The molecule has 0 saturated heterocycles. The highest BCUT2D eigenvalue weighted by molar-refractivity contribution is 5.32. The average Bonchev–Trinajstić information content (AvgIpc) is 3.00. The van der Waals surface area contributed by atoms with E-state index in [2.05, 4.69) is 15.3 Å². The van der Waals surface area contributed by atoms with Crippen molar-refractivity contribution in [3.8, 4) is 0 Å². The molecule has 1 unspecified atom stereocenters. The van der Waals surface area contributed by atoms with E-state index in [-0.39, 0.29) is 11.6 Å². The summed E-state index contributed by atoms with van der Waals surface area (Å²) in [6, 6.07) is 0.186. The fourth-order valence-electron chi connectivity index (χ4n) is 1.50. The number of anilines is 1. The molecule has 76 valence electrons. The Balaban J connectivity index is 2.08. The van der Waals surface area contributed by atoms with Crippen molar-refractivity contribution >= 4 is 5.82 Å². The first-order valence-electron chi connectivity index (χ1n) is 4.81. The van der Waals surface area contributed by atoms with Gasteiger partial charge in [-0.2, -0.15) is 0 Å². The van der Waals surface area contributed by atoms with Crippen LogP contribution in [-0.4, -0.2) is 22.6 Å². The Bertz CT molecular complexity index is 358. The molecule has 4 N–H and O–H groups in total. The molecule has 5 heteroatoms. The molecule has 0 bridgehead atoms. The molecule has 0 radical (unpaired) electrons. The predicted molar refractivity (Wildman–Crippen MR) is 54.0 cm³/mol. The van der Waals surface area contributed by atoms with E-state index in [0.717, 1.165) is 0 Å². The van der Waals surface area contributed by atoms with Crippen LogP contribution in [-0.2, 0) is 0 Å².